The van der Waals surface area contributed by atoms with Crippen LogP contribution < -0.4 is 9.47 Å². The highest BCUT2D eigenvalue weighted by molar-refractivity contribution is 6.31. The topological polar surface area (TPSA) is 68.0 Å². The summed E-state index contributed by atoms with van der Waals surface area (Å²) in [4.78, 5) is 7.82. The fraction of sp³-hybridized carbons (Fsp3) is 0.154. The lowest BCUT2D eigenvalue weighted by Crippen LogP contribution is -1.96. The SMILES string of the molecule is COc1cc(C#N)cc(Oc2ncnc(Cl)c2CCl)c1. The molecular weight excluding hydrogens is 301 g/mol. The van der Waals surface area contributed by atoms with Crippen LogP contribution in [0.1, 0.15) is 11.1 Å². The van der Waals surface area contributed by atoms with Crippen LogP contribution in [0.15, 0.2) is 24.5 Å². The van der Waals surface area contributed by atoms with E-state index in [9.17, 15) is 0 Å². The summed E-state index contributed by atoms with van der Waals surface area (Å²) in [7, 11) is 1.51. The van der Waals surface area contributed by atoms with Crippen LogP contribution in [0.3, 0.4) is 0 Å². The van der Waals surface area contributed by atoms with Crippen LogP contribution in [0.2, 0.25) is 5.15 Å². The van der Waals surface area contributed by atoms with Crippen molar-refractivity contribution in [2.24, 2.45) is 0 Å². The van der Waals surface area contributed by atoms with Gasteiger partial charge >= 0.3 is 0 Å². The van der Waals surface area contributed by atoms with Gasteiger partial charge in [0.05, 0.1) is 30.2 Å². The first-order valence-corrected chi connectivity index (χ1v) is 6.41. The van der Waals surface area contributed by atoms with Gasteiger partial charge in [-0.15, -0.1) is 11.6 Å². The van der Waals surface area contributed by atoms with Gasteiger partial charge in [0, 0.05) is 6.07 Å². The summed E-state index contributed by atoms with van der Waals surface area (Å²) in [6.07, 6.45) is 1.28. The highest BCUT2D eigenvalue weighted by atomic mass is 35.5. The lowest BCUT2D eigenvalue weighted by atomic mass is 10.2. The Balaban J connectivity index is 2.40. The van der Waals surface area contributed by atoms with Gasteiger partial charge in [-0.2, -0.15) is 5.26 Å². The van der Waals surface area contributed by atoms with Gasteiger partial charge in [0.25, 0.3) is 0 Å². The molecule has 2 aromatic rings. The van der Waals surface area contributed by atoms with Crippen LogP contribution in [-0.4, -0.2) is 17.1 Å². The molecule has 0 aliphatic rings. The minimum Gasteiger partial charge on any atom is -0.497 e. The Morgan fingerprint density at radius 3 is 2.65 bits per heavy atom. The fourth-order valence-corrected chi connectivity index (χ4v) is 2.00. The molecule has 0 unspecified atom stereocenters. The molecule has 20 heavy (non-hydrogen) atoms. The van der Waals surface area contributed by atoms with Crippen molar-refractivity contribution in [1.82, 2.24) is 9.97 Å². The molecule has 0 bridgehead atoms. The summed E-state index contributed by atoms with van der Waals surface area (Å²) in [5.74, 6) is 1.27. The number of ether oxygens (including phenoxy) is 2. The highest BCUT2D eigenvalue weighted by Crippen LogP contribution is 2.30. The second-order valence-corrected chi connectivity index (χ2v) is 4.32. The van der Waals surface area contributed by atoms with Crippen molar-refractivity contribution >= 4 is 23.2 Å². The molecule has 1 aromatic carbocycles. The first-order valence-electron chi connectivity index (χ1n) is 5.50. The molecule has 0 radical (unpaired) electrons. The van der Waals surface area contributed by atoms with Crippen molar-refractivity contribution in [3.8, 4) is 23.4 Å². The molecule has 102 valence electrons. The number of nitriles is 1. The van der Waals surface area contributed by atoms with Crippen LogP contribution >= 0.6 is 23.2 Å². The number of alkyl halides is 1. The lowest BCUT2D eigenvalue weighted by molar-refractivity contribution is 0.406. The molecule has 0 saturated carbocycles. The van der Waals surface area contributed by atoms with Crippen molar-refractivity contribution in [2.75, 3.05) is 7.11 Å². The van der Waals surface area contributed by atoms with E-state index in [1.54, 1.807) is 18.2 Å². The molecule has 1 heterocycles. The molecule has 0 amide bonds. The molecule has 1 aromatic heterocycles. The van der Waals surface area contributed by atoms with E-state index in [-0.39, 0.29) is 16.9 Å². The van der Waals surface area contributed by atoms with Crippen LogP contribution in [0.25, 0.3) is 0 Å². The van der Waals surface area contributed by atoms with E-state index < -0.39 is 0 Å². The molecule has 7 heteroatoms. The average molecular weight is 310 g/mol. The molecule has 0 N–H and O–H groups in total. The number of rotatable bonds is 4. The van der Waals surface area contributed by atoms with E-state index in [0.29, 0.717) is 22.6 Å². The van der Waals surface area contributed by atoms with Crippen molar-refractivity contribution in [3.05, 3.63) is 40.8 Å². The number of hydrogen-bond acceptors (Lipinski definition) is 5. The number of methoxy groups -OCH3 is 1. The van der Waals surface area contributed by atoms with Gasteiger partial charge in [-0.05, 0) is 12.1 Å². The first-order chi connectivity index (χ1) is 9.67. The van der Waals surface area contributed by atoms with Gasteiger partial charge in [-0.25, -0.2) is 9.97 Å². The molecule has 0 aliphatic heterocycles. The van der Waals surface area contributed by atoms with E-state index >= 15 is 0 Å². The Labute approximate surface area is 125 Å². The van der Waals surface area contributed by atoms with E-state index in [1.165, 1.54) is 13.4 Å². The molecule has 0 atom stereocenters. The molecule has 0 saturated heterocycles. The Bertz CT molecular complexity index is 671. The van der Waals surface area contributed by atoms with E-state index in [4.69, 9.17) is 37.9 Å². The second kappa shape index (κ2) is 6.42. The second-order valence-electron chi connectivity index (χ2n) is 3.69. The number of benzene rings is 1. The molecule has 2 rings (SSSR count). The minimum atomic E-state index is 0.115. The summed E-state index contributed by atoms with van der Waals surface area (Å²) >= 11 is 11.7. The summed E-state index contributed by atoms with van der Waals surface area (Å²) in [6, 6.07) is 6.82. The van der Waals surface area contributed by atoms with E-state index in [2.05, 4.69) is 9.97 Å². The molecule has 0 fully saturated rings. The third kappa shape index (κ3) is 3.10. The zero-order valence-corrected chi connectivity index (χ0v) is 11.9. The Morgan fingerprint density at radius 2 is 2.00 bits per heavy atom. The van der Waals surface area contributed by atoms with Crippen LogP contribution in [0.5, 0.6) is 17.4 Å². The van der Waals surface area contributed by atoms with Crippen molar-refractivity contribution in [1.29, 1.82) is 5.26 Å². The van der Waals surface area contributed by atoms with Gasteiger partial charge in [0.2, 0.25) is 5.88 Å². The summed E-state index contributed by atoms with van der Waals surface area (Å²) in [5, 5.41) is 9.19. The Morgan fingerprint density at radius 1 is 1.25 bits per heavy atom. The van der Waals surface area contributed by atoms with Crippen molar-refractivity contribution in [3.63, 3.8) is 0 Å². The maximum absolute atomic E-state index is 8.96. The largest absolute Gasteiger partial charge is 0.497 e. The van der Waals surface area contributed by atoms with Crippen molar-refractivity contribution < 1.29 is 9.47 Å². The van der Waals surface area contributed by atoms with E-state index in [0.717, 1.165) is 0 Å². The van der Waals surface area contributed by atoms with Gasteiger partial charge in [0.15, 0.2) is 0 Å². The average Bonchev–Trinajstić information content (AvgIpc) is 2.47. The highest BCUT2D eigenvalue weighted by Gasteiger charge is 2.12. The summed E-state index contributed by atoms with van der Waals surface area (Å²) in [6.45, 7) is 0. The maximum Gasteiger partial charge on any atom is 0.228 e. The van der Waals surface area contributed by atoms with Gasteiger partial charge in [-0.3, -0.25) is 0 Å². The van der Waals surface area contributed by atoms with Gasteiger partial charge < -0.3 is 9.47 Å². The minimum absolute atomic E-state index is 0.115. The van der Waals surface area contributed by atoms with E-state index in [1.807, 2.05) is 6.07 Å². The predicted molar refractivity (Wildman–Crippen MR) is 74.4 cm³/mol. The number of nitrogens with zero attached hydrogens (tertiary/aromatic N) is 3. The summed E-state index contributed by atoms with van der Waals surface area (Å²) in [5.41, 5.74) is 0.893. The predicted octanol–water partition coefficient (Wildman–Crippen LogP) is 3.54. The maximum atomic E-state index is 8.96. The standard InChI is InChI=1S/C13H9Cl2N3O2/c1-19-9-2-8(6-16)3-10(4-9)20-13-11(5-14)12(15)17-7-18-13/h2-4,7H,5H2,1H3. The van der Waals surface area contributed by atoms with Crippen molar-refractivity contribution in [2.45, 2.75) is 5.88 Å². The number of hydrogen-bond donors (Lipinski definition) is 0. The monoisotopic (exact) mass is 309 g/mol. The smallest absolute Gasteiger partial charge is 0.228 e. The van der Waals surface area contributed by atoms with Gasteiger partial charge in [-0.1, -0.05) is 11.6 Å². The fourth-order valence-electron chi connectivity index (χ4n) is 1.50. The number of aromatic nitrogens is 2. The normalized spacial score (nSPS) is 9.90. The lowest BCUT2D eigenvalue weighted by Gasteiger charge is -2.10. The summed E-state index contributed by atoms with van der Waals surface area (Å²) < 4.78 is 10.7. The first kappa shape index (κ1) is 14.4. The Kier molecular flexibility index (Phi) is 4.61. The number of halogens is 2. The zero-order valence-electron chi connectivity index (χ0n) is 10.4. The zero-order chi connectivity index (χ0) is 14.5. The molecular formula is C13H9Cl2N3O2. The third-order valence-electron chi connectivity index (χ3n) is 2.45. The third-order valence-corrected chi connectivity index (χ3v) is 3.04. The molecule has 0 spiro atoms. The van der Waals surface area contributed by atoms with Crippen LogP contribution in [0.4, 0.5) is 0 Å². The quantitative estimate of drug-likeness (QED) is 0.638. The van der Waals surface area contributed by atoms with Crippen LogP contribution in [0, 0.1) is 11.3 Å². The molecule has 5 nitrogen and oxygen atoms in total. The Hall–Kier alpha value is -2.03. The van der Waals surface area contributed by atoms with Crippen LogP contribution in [-0.2, 0) is 5.88 Å². The van der Waals surface area contributed by atoms with Gasteiger partial charge in [0.1, 0.15) is 23.0 Å². The molecule has 0 aliphatic carbocycles.